The smallest absolute Gasteiger partial charge is 0.248 e. The van der Waals surface area contributed by atoms with Crippen LogP contribution in [0.5, 0.6) is 0 Å². The summed E-state index contributed by atoms with van der Waals surface area (Å²) in [4.78, 5) is 12.0. The van der Waals surface area contributed by atoms with E-state index in [9.17, 15) is 22.4 Å². The molecule has 0 bridgehead atoms. The minimum absolute atomic E-state index is 0. The lowest BCUT2D eigenvalue weighted by molar-refractivity contribution is -0.112. The summed E-state index contributed by atoms with van der Waals surface area (Å²) in [6, 6.07) is 0.397. The predicted molar refractivity (Wildman–Crippen MR) is 128 cm³/mol. The van der Waals surface area contributed by atoms with Crippen LogP contribution >= 0.6 is 0 Å². The van der Waals surface area contributed by atoms with Crippen LogP contribution in [-0.4, -0.2) is 5.91 Å². The van der Waals surface area contributed by atoms with Gasteiger partial charge in [-0.25, -0.2) is 17.6 Å². The summed E-state index contributed by atoms with van der Waals surface area (Å²) in [5, 5.41) is 2.02. The summed E-state index contributed by atoms with van der Waals surface area (Å²) in [5.74, 6) is -7.36. The number of carbonyl (C=O) groups is 1. The fourth-order valence-corrected chi connectivity index (χ4v) is 3.79. The molecule has 0 heterocycles. The Balaban J connectivity index is 0.00000578. The SMILES string of the molecule is CC1=C(/C=C/C(C)=C/C=C/C(C)=C/C(=O)Nc2cc(F)c(F)c(F)c2F)C(C)(C)CCC1C.[HH]. The third-order valence-electron chi connectivity index (χ3n) is 6.05. The molecule has 33 heavy (non-hydrogen) atoms. The highest BCUT2D eigenvalue weighted by molar-refractivity contribution is 6.00. The van der Waals surface area contributed by atoms with Gasteiger partial charge < -0.3 is 5.32 Å². The molecule has 1 aromatic rings. The van der Waals surface area contributed by atoms with E-state index in [1.54, 1.807) is 19.1 Å². The van der Waals surface area contributed by atoms with Gasteiger partial charge >= 0.3 is 0 Å². The Bertz CT molecular complexity index is 1080. The van der Waals surface area contributed by atoms with Crippen molar-refractivity contribution in [1.29, 1.82) is 0 Å². The number of nitrogens with one attached hydrogen (secondary N) is 1. The zero-order valence-corrected chi connectivity index (χ0v) is 20.0. The molecular formula is C27H33F4NO. The van der Waals surface area contributed by atoms with Crippen molar-refractivity contribution >= 4 is 11.6 Å². The molecule has 0 radical (unpaired) electrons. The molecule has 2 nitrogen and oxygen atoms in total. The van der Waals surface area contributed by atoms with Gasteiger partial charge in [0.05, 0.1) is 5.69 Å². The average Bonchev–Trinajstić information content (AvgIpc) is 2.73. The molecule has 0 fully saturated rings. The van der Waals surface area contributed by atoms with E-state index in [2.05, 4.69) is 39.8 Å². The molecule has 6 heteroatoms. The number of carbonyl (C=O) groups excluding carboxylic acids is 1. The van der Waals surface area contributed by atoms with Crippen LogP contribution in [0, 0.1) is 34.6 Å². The Kier molecular flexibility index (Phi) is 8.64. The van der Waals surface area contributed by atoms with Gasteiger partial charge in [-0.05, 0) is 56.1 Å². The van der Waals surface area contributed by atoms with Crippen molar-refractivity contribution in [2.24, 2.45) is 11.3 Å². The number of anilines is 1. The third kappa shape index (κ3) is 6.80. The predicted octanol–water partition coefficient (Wildman–Crippen LogP) is 8.21. The van der Waals surface area contributed by atoms with Crippen molar-refractivity contribution in [3.05, 3.63) is 88.1 Å². The molecule has 1 aliphatic carbocycles. The molecule has 1 amide bonds. The second kappa shape index (κ2) is 10.8. The quantitative estimate of drug-likeness (QED) is 0.149. The van der Waals surface area contributed by atoms with Crippen molar-refractivity contribution in [2.45, 2.75) is 54.4 Å². The van der Waals surface area contributed by atoms with Gasteiger partial charge in [-0.2, -0.15) is 0 Å². The molecule has 2 rings (SSSR count). The molecule has 1 unspecified atom stereocenters. The number of benzene rings is 1. The Hall–Kier alpha value is -2.89. The fraction of sp³-hybridized carbons (Fsp3) is 0.370. The first-order valence-electron chi connectivity index (χ1n) is 10.9. The molecule has 0 saturated heterocycles. The number of allylic oxidation sites excluding steroid dienone is 9. The summed E-state index contributed by atoms with van der Waals surface area (Å²) in [7, 11) is 0. The minimum Gasteiger partial charge on any atom is -0.320 e. The van der Waals surface area contributed by atoms with Crippen LogP contribution in [0.1, 0.15) is 55.8 Å². The van der Waals surface area contributed by atoms with Crippen molar-refractivity contribution in [2.75, 3.05) is 5.32 Å². The average molecular weight is 464 g/mol. The van der Waals surface area contributed by atoms with Crippen LogP contribution in [0.4, 0.5) is 23.2 Å². The minimum atomic E-state index is -1.98. The monoisotopic (exact) mass is 463 g/mol. The Morgan fingerprint density at radius 2 is 1.76 bits per heavy atom. The van der Waals surface area contributed by atoms with Crippen LogP contribution in [0.15, 0.2) is 64.8 Å². The summed E-state index contributed by atoms with van der Waals surface area (Å²) < 4.78 is 53.3. The molecule has 0 saturated carbocycles. The maximum atomic E-state index is 13.7. The summed E-state index contributed by atoms with van der Waals surface area (Å²) in [5.41, 5.74) is 3.72. The summed E-state index contributed by atoms with van der Waals surface area (Å²) in [6.07, 6.45) is 13.1. The Morgan fingerprint density at radius 3 is 2.42 bits per heavy atom. The lowest BCUT2D eigenvalue weighted by Crippen LogP contribution is -2.23. The highest BCUT2D eigenvalue weighted by atomic mass is 19.2. The van der Waals surface area contributed by atoms with Gasteiger partial charge in [0, 0.05) is 13.6 Å². The normalized spacial score (nSPS) is 19.6. The van der Waals surface area contributed by atoms with E-state index in [-0.39, 0.29) is 6.84 Å². The number of halogens is 4. The van der Waals surface area contributed by atoms with Gasteiger partial charge in [-0.15, -0.1) is 0 Å². The first-order chi connectivity index (χ1) is 15.3. The number of hydrogen-bond acceptors (Lipinski definition) is 1. The van der Waals surface area contributed by atoms with E-state index in [0.29, 0.717) is 17.6 Å². The van der Waals surface area contributed by atoms with Crippen LogP contribution in [0.3, 0.4) is 0 Å². The van der Waals surface area contributed by atoms with Gasteiger partial charge in [0.25, 0.3) is 0 Å². The van der Waals surface area contributed by atoms with Crippen LogP contribution in [0.25, 0.3) is 0 Å². The van der Waals surface area contributed by atoms with Gasteiger partial charge in [-0.1, -0.05) is 62.3 Å². The Morgan fingerprint density at radius 1 is 1.09 bits per heavy atom. The summed E-state index contributed by atoms with van der Waals surface area (Å²) in [6.45, 7) is 12.6. The van der Waals surface area contributed by atoms with Gasteiger partial charge in [0.1, 0.15) is 0 Å². The molecule has 0 spiro atoms. The summed E-state index contributed by atoms with van der Waals surface area (Å²) >= 11 is 0. The van der Waals surface area contributed by atoms with E-state index in [1.165, 1.54) is 17.6 Å². The second-order valence-electron chi connectivity index (χ2n) is 9.25. The van der Waals surface area contributed by atoms with Crippen molar-refractivity contribution in [3.63, 3.8) is 0 Å². The maximum absolute atomic E-state index is 13.7. The lowest BCUT2D eigenvalue weighted by Gasteiger charge is -2.36. The van der Waals surface area contributed by atoms with E-state index in [0.717, 1.165) is 18.1 Å². The van der Waals surface area contributed by atoms with Gasteiger partial charge in [-0.3, -0.25) is 4.79 Å². The number of amides is 1. The topological polar surface area (TPSA) is 29.1 Å². The first kappa shape index (κ1) is 26.4. The van der Waals surface area contributed by atoms with Gasteiger partial charge in [0.15, 0.2) is 23.3 Å². The van der Waals surface area contributed by atoms with Crippen molar-refractivity contribution < 1.29 is 23.8 Å². The van der Waals surface area contributed by atoms with Crippen LogP contribution in [-0.2, 0) is 4.79 Å². The lowest BCUT2D eigenvalue weighted by atomic mass is 9.69. The molecule has 180 valence electrons. The molecule has 1 aliphatic rings. The van der Waals surface area contributed by atoms with Crippen LogP contribution < -0.4 is 5.32 Å². The third-order valence-corrected chi connectivity index (χ3v) is 6.05. The van der Waals surface area contributed by atoms with Crippen molar-refractivity contribution in [3.8, 4) is 0 Å². The van der Waals surface area contributed by atoms with E-state index < -0.39 is 34.9 Å². The first-order valence-corrected chi connectivity index (χ1v) is 10.9. The van der Waals surface area contributed by atoms with Crippen molar-refractivity contribution in [1.82, 2.24) is 0 Å². The second-order valence-corrected chi connectivity index (χ2v) is 9.25. The molecule has 1 aromatic carbocycles. The van der Waals surface area contributed by atoms with E-state index in [1.807, 2.05) is 18.3 Å². The molecule has 0 aromatic heterocycles. The Labute approximate surface area is 194 Å². The fourth-order valence-electron chi connectivity index (χ4n) is 3.79. The number of rotatable bonds is 6. The van der Waals surface area contributed by atoms with E-state index >= 15 is 0 Å². The standard InChI is InChI=1S/C27H31F4NO.H2/c1-16(10-11-20-19(4)18(3)12-13-27(20,5)6)8-7-9-17(2)14-23(33)32-22-15-21(28)24(29)26(31)25(22)30;/h7-11,14-15,18H,12-13H2,1-6H3,(H,32,33);1H/b9-7+,11-10+,16-8+,17-14+;. The highest BCUT2D eigenvalue weighted by Crippen LogP contribution is 2.43. The zero-order valence-electron chi connectivity index (χ0n) is 20.0. The van der Waals surface area contributed by atoms with E-state index in [4.69, 9.17) is 0 Å². The number of hydrogen-bond donors (Lipinski definition) is 1. The maximum Gasteiger partial charge on any atom is 0.248 e. The van der Waals surface area contributed by atoms with Crippen LogP contribution in [0.2, 0.25) is 0 Å². The largest absolute Gasteiger partial charge is 0.320 e. The van der Waals surface area contributed by atoms with Gasteiger partial charge in [0.2, 0.25) is 5.91 Å². The molecule has 0 aliphatic heterocycles. The molecular weight excluding hydrogens is 430 g/mol. The zero-order chi connectivity index (χ0) is 24.9. The molecule has 1 N–H and O–H groups in total. The highest BCUT2D eigenvalue weighted by Gasteiger charge is 2.29. The molecule has 1 atom stereocenters.